The quantitative estimate of drug-likeness (QED) is 0.857. The molecule has 0 amide bonds. The molecule has 0 fully saturated rings. The van der Waals surface area contributed by atoms with E-state index in [1.54, 1.807) is 6.07 Å². The van der Waals surface area contributed by atoms with E-state index in [0.29, 0.717) is 5.76 Å². The molecular weight excluding hydrogens is 336 g/mol. The Morgan fingerprint density at radius 2 is 1.95 bits per heavy atom. The zero-order valence-electron chi connectivity index (χ0n) is 12.4. The van der Waals surface area contributed by atoms with Crippen molar-refractivity contribution in [2.45, 2.75) is 33.8 Å². The van der Waals surface area contributed by atoms with Gasteiger partial charge in [-0.3, -0.25) is 0 Å². The fraction of sp³-hybridized carbons (Fsp3) is 0.312. The molecule has 1 unspecified atom stereocenters. The van der Waals surface area contributed by atoms with Crippen LogP contribution < -0.4 is 4.74 Å². The van der Waals surface area contributed by atoms with E-state index in [2.05, 4.69) is 15.9 Å². The number of aryl methyl sites for hydroxylation is 1. The third-order valence-electron chi connectivity index (χ3n) is 3.50. The number of aromatic carboxylic acids is 1. The number of halogens is 1. The number of ether oxygens (including phenoxy) is 1. The summed E-state index contributed by atoms with van der Waals surface area (Å²) in [6.45, 7) is 7.85. The van der Waals surface area contributed by atoms with Gasteiger partial charge in [-0.2, -0.15) is 0 Å². The molecule has 112 valence electrons. The lowest BCUT2D eigenvalue weighted by Gasteiger charge is -2.18. The maximum atomic E-state index is 10.8. The van der Waals surface area contributed by atoms with Crippen molar-refractivity contribution in [2.75, 3.05) is 0 Å². The van der Waals surface area contributed by atoms with E-state index in [0.717, 1.165) is 26.9 Å². The van der Waals surface area contributed by atoms with Gasteiger partial charge in [0.25, 0.3) is 0 Å². The van der Waals surface area contributed by atoms with Crippen LogP contribution in [0.1, 0.15) is 46.0 Å². The van der Waals surface area contributed by atoms with Crippen molar-refractivity contribution in [1.82, 2.24) is 0 Å². The molecule has 1 N–H and O–H groups in total. The van der Waals surface area contributed by atoms with Gasteiger partial charge in [0.15, 0.2) is 6.10 Å². The number of hydrogen-bond donors (Lipinski definition) is 1. The molecule has 0 saturated carbocycles. The number of furan rings is 1. The SMILES string of the molecule is Cc1cc(OC(C)c2ccc(C(=O)O)o2)c(C)c(C)c1Br. The fourth-order valence-corrected chi connectivity index (χ4v) is 2.48. The van der Waals surface area contributed by atoms with Gasteiger partial charge in [0.05, 0.1) is 0 Å². The number of carboxylic acids is 1. The fourth-order valence-electron chi connectivity index (χ4n) is 2.07. The van der Waals surface area contributed by atoms with Crippen LogP contribution in [0.25, 0.3) is 0 Å². The van der Waals surface area contributed by atoms with Crippen LogP contribution in [0.3, 0.4) is 0 Å². The maximum absolute atomic E-state index is 10.8. The first-order valence-electron chi connectivity index (χ1n) is 6.57. The lowest BCUT2D eigenvalue weighted by atomic mass is 10.1. The van der Waals surface area contributed by atoms with E-state index in [1.165, 1.54) is 6.07 Å². The molecule has 4 nitrogen and oxygen atoms in total. The monoisotopic (exact) mass is 352 g/mol. The summed E-state index contributed by atoms with van der Waals surface area (Å²) < 4.78 is 12.3. The van der Waals surface area contributed by atoms with Gasteiger partial charge in [0.1, 0.15) is 11.5 Å². The van der Waals surface area contributed by atoms with E-state index in [9.17, 15) is 4.79 Å². The van der Waals surface area contributed by atoms with E-state index in [4.69, 9.17) is 14.3 Å². The van der Waals surface area contributed by atoms with Crippen molar-refractivity contribution in [1.29, 1.82) is 0 Å². The maximum Gasteiger partial charge on any atom is 0.371 e. The Kier molecular flexibility index (Phi) is 4.42. The summed E-state index contributed by atoms with van der Waals surface area (Å²) in [6.07, 6.45) is -0.364. The predicted octanol–water partition coefficient (Wildman–Crippen LogP) is 4.81. The van der Waals surface area contributed by atoms with Crippen LogP contribution in [-0.4, -0.2) is 11.1 Å². The molecule has 0 aliphatic carbocycles. The molecule has 0 radical (unpaired) electrons. The second-order valence-electron chi connectivity index (χ2n) is 5.02. The van der Waals surface area contributed by atoms with Crippen LogP contribution in [0, 0.1) is 20.8 Å². The average molecular weight is 353 g/mol. The van der Waals surface area contributed by atoms with E-state index >= 15 is 0 Å². The number of rotatable bonds is 4. The van der Waals surface area contributed by atoms with Gasteiger partial charge in [-0.1, -0.05) is 15.9 Å². The third kappa shape index (κ3) is 3.13. The summed E-state index contributed by atoms with van der Waals surface area (Å²) in [5.41, 5.74) is 3.26. The summed E-state index contributed by atoms with van der Waals surface area (Å²) in [6, 6.07) is 5.02. The molecule has 1 atom stereocenters. The minimum Gasteiger partial charge on any atom is -0.482 e. The zero-order chi connectivity index (χ0) is 15.7. The van der Waals surface area contributed by atoms with Crippen LogP contribution in [0.2, 0.25) is 0 Å². The van der Waals surface area contributed by atoms with Crippen LogP contribution in [0.4, 0.5) is 0 Å². The van der Waals surface area contributed by atoms with Gasteiger partial charge < -0.3 is 14.3 Å². The molecule has 21 heavy (non-hydrogen) atoms. The highest BCUT2D eigenvalue weighted by Gasteiger charge is 2.17. The van der Waals surface area contributed by atoms with Crippen LogP contribution in [0.15, 0.2) is 27.1 Å². The van der Waals surface area contributed by atoms with Crippen molar-refractivity contribution in [3.05, 3.63) is 50.9 Å². The van der Waals surface area contributed by atoms with Gasteiger partial charge in [0.2, 0.25) is 5.76 Å². The minimum absolute atomic E-state index is 0.0830. The molecule has 1 aromatic heterocycles. The van der Waals surface area contributed by atoms with Gasteiger partial charge in [-0.25, -0.2) is 4.79 Å². The Hall–Kier alpha value is -1.75. The summed E-state index contributed by atoms with van der Waals surface area (Å²) >= 11 is 3.56. The zero-order valence-corrected chi connectivity index (χ0v) is 13.9. The molecule has 0 spiro atoms. The minimum atomic E-state index is -1.08. The Morgan fingerprint density at radius 3 is 2.52 bits per heavy atom. The Balaban J connectivity index is 2.27. The van der Waals surface area contributed by atoms with Crippen molar-refractivity contribution in [3.63, 3.8) is 0 Å². The number of carboxylic acid groups (broad SMARTS) is 1. The highest BCUT2D eigenvalue weighted by Crippen LogP contribution is 2.33. The first-order chi connectivity index (χ1) is 9.81. The Labute approximate surface area is 131 Å². The van der Waals surface area contributed by atoms with Gasteiger partial charge >= 0.3 is 5.97 Å². The molecule has 5 heteroatoms. The van der Waals surface area contributed by atoms with Gasteiger partial charge in [-0.05, 0) is 62.6 Å². The number of benzene rings is 1. The molecule has 0 aliphatic rings. The topological polar surface area (TPSA) is 59.7 Å². The summed E-state index contributed by atoms with van der Waals surface area (Å²) in [7, 11) is 0. The Bertz CT molecular complexity index is 688. The van der Waals surface area contributed by atoms with Crippen LogP contribution in [0.5, 0.6) is 5.75 Å². The summed E-state index contributed by atoms with van der Waals surface area (Å²) in [4.78, 5) is 10.8. The van der Waals surface area contributed by atoms with Crippen LogP contribution in [-0.2, 0) is 0 Å². The molecule has 1 heterocycles. The molecule has 0 saturated heterocycles. The lowest BCUT2D eigenvalue weighted by molar-refractivity contribution is 0.0655. The van der Waals surface area contributed by atoms with Crippen molar-refractivity contribution in [3.8, 4) is 5.75 Å². The van der Waals surface area contributed by atoms with Gasteiger partial charge in [0, 0.05) is 4.47 Å². The van der Waals surface area contributed by atoms with Crippen molar-refractivity contribution in [2.24, 2.45) is 0 Å². The molecule has 2 rings (SSSR count). The first kappa shape index (κ1) is 15.6. The lowest BCUT2D eigenvalue weighted by Crippen LogP contribution is -2.04. The first-order valence-corrected chi connectivity index (χ1v) is 7.36. The molecule has 1 aromatic carbocycles. The van der Waals surface area contributed by atoms with E-state index in [1.807, 2.05) is 33.8 Å². The highest BCUT2D eigenvalue weighted by molar-refractivity contribution is 9.10. The highest BCUT2D eigenvalue weighted by atomic mass is 79.9. The normalized spacial score (nSPS) is 12.2. The van der Waals surface area contributed by atoms with E-state index < -0.39 is 5.97 Å². The van der Waals surface area contributed by atoms with Gasteiger partial charge in [-0.15, -0.1) is 0 Å². The molecule has 0 aliphatic heterocycles. The number of hydrogen-bond acceptors (Lipinski definition) is 3. The standard InChI is InChI=1S/C16H17BrO4/c1-8-7-14(9(2)10(3)15(8)17)20-11(4)12-5-6-13(21-12)16(18)19/h5-7,11H,1-4H3,(H,18,19). The van der Waals surface area contributed by atoms with Crippen molar-refractivity contribution < 1.29 is 19.1 Å². The van der Waals surface area contributed by atoms with E-state index in [-0.39, 0.29) is 11.9 Å². The molecule has 0 bridgehead atoms. The smallest absolute Gasteiger partial charge is 0.371 e. The predicted molar refractivity (Wildman–Crippen MR) is 83.1 cm³/mol. The second-order valence-corrected chi connectivity index (χ2v) is 5.82. The molecule has 2 aromatic rings. The average Bonchev–Trinajstić information content (AvgIpc) is 2.92. The summed E-state index contributed by atoms with van der Waals surface area (Å²) in [5.74, 6) is 0.0966. The third-order valence-corrected chi connectivity index (χ3v) is 4.72. The molecular formula is C16H17BrO4. The van der Waals surface area contributed by atoms with Crippen molar-refractivity contribution >= 4 is 21.9 Å². The van der Waals surface area contributed by atoms with Crippen LogP contribution >= 0.6 is 15.9 Å². The largest absolute Gasteiger partial charge is 0.482 e. The second kappa shape index (κ2) is 5.93. The Morgan fingerprint density at radius 1 is 1.29 bits per heavy atom. The summed E-state index contributed by atoms with van der Waals surface area (Å²) in [5, 5.41) is 8.88. The number of carbonyl (C=O) groups is 1.